The van der Waals surface area contributed by atoms with Crippen LogP contribution >= 0.6 is 0 Å². The molecule has 0 heterocycles. The Bertz CT molecular complexity index is 590. The minimum atomic E-state index is 0.0799. The first-order chi connectivity index (χ1) is 10.2. The number of aryl methyl sites for hydroxylation is 1. The molecule has 0 aliphatic heterocycles. The van der Waals surface area contributed by atoms with Gasteiger partial charge in [-0.1, -0.05) is 25.5 Å². The van der Waals surface area contributed by atoms with Crippen molar-refractivity contribution in [1.29, 1.82) is 0 Å². The Labute approximate surface area is 126 Å². The fraction of sp³-hybridized carbons (Fsp3) is 0.278. The zero-order chi connectivity index (χ0) is 15.1. The number of rotatable bonds is 6. The van der Waals surface area contributed by atoms with Gasteiger partial charge < -0.3 is 10.6 Å². The lowest BCUT2D eigenvalue weighted by molar-refractivity contribution is -0.116. The lowest BCUT2D eigenvalue weighted by Crippen LogP contribution is -2.10. The molecular formula is C18H22N2O. The van der Waals surface area contributed by atoms with Gasteiger partial charge in [0, 0.05) is 23.5 Å². The topological polar surface area (TPSA) is 41.1 Å². The van der Waals surface area contributed by atoms with E-state index in [1.54, 1.807) is 0 Å². The van der Waals surface area contributed by atoms with Crippen LogP contribution in [0.2, 0.25) is 0 Å². The van der Waals surface area contributed by atoms with E-state index >= 15 is 0 Å². The molecule has 0 radical (unpaired) electrons. The van der Waals surface area contributed by atoms with Gasteiger partial charge in [0.1, 0.15) is 0 Å². The highest BCUT2D eigenvalue weighted by Gasteiger charge is 2.01. The van der Waals surface area contributed by atoms with Gasteiger partial charge in [-0.05, 0) is 55.3 Å². The zero-order valence-electron chi connectivity index (χ0n) is 12.6. The van der Waals surface area contributed by atoms with Crippen molar-refractivity contribution in [3.8, 4) is 0 Å². The maximum absolute atomic E-state index is 11.7. The van der Waals surface area contributed by atoms with Crippen molar-refractivity contribution in [2.75, 3.05) is 10.6 Å². The van der Waals surface area contributed by atoms with Crippen molar-refractivity contribution in [2.45, 2.75) is 33.1 Å². The molecule has 2 N–H and O–H groups in total. The molecule has 0 atom stereocenters. The van der Waals surface area contributed by atoms with Gasteiger partial charge in [0.05, 0.1) is 0 Å². The summed E-state index contributed by atoms with van der Waals surface area (Å²) in [5.74, 6) is 0.0799. The number of hydrogen-bond donors (Lipinski definition) is 2. The Morgan fingerprint density at radius 2 is 1.71 bits per heavy atom. The molecule has 0 saturated carbocycles. The highest BCUT2D eigenvalue weighted by atomic mass is 16.1. The largest absolute Gasteiger partial charge is 0.356 e. The molecule has 0 fully saturated rings. The molecule has 21 heavy (non-hydrogen) atoms. The minimum Gasteiger partial charge on any atom is -0.356 e. The van der Waals surface area contributed by atoms with E-state index in [2.05, 4.69) is 36.6 Å². The summed E-state index contributed by atoms with van der Waals surface area (Å²) in [7, 11) is 0. The van der Waals surface area contributed by atoms with E-state index in [-0.39, 0.29) is 5.91 Å². The van der Waals surface area contributed by atoms with Gasteiger partial charge in [-0.15, -0.1) is 0 Å². The van der Waals surface area contributed by atoms with Crippen LogP contribution in [0.25, 0.3) is 0 Å². The van der Waals surface area contributed by atoms with Gasteiger partial charge in [0.2, 0.25) is 5.91 Å². The molecule has 0 aliphatic rings. The van der Waals surface area contributed by atoms with Gasteiger partial charge in [-0.25, -0.2) is 0 Å². The number of nitrogens with one attached hydrogen (secondary N) is 2. The number of amides is 1. The average Bonchev–Trinajstić information content (AvgIpc) is 2.47. The fourth-order valence-corrected chi connectivity index (χ4v) is 2.09. The van der Waals surface area contributed by atoms with E-state index in [0.717, 1.165) is 29.9 Å². The molecule has 0 bridgehead atoms. The summed E-state index contributed by atoms with van der Waals surface area (Å²) in [6.45, 7) is 4.15. The first-order valence-corrected chi connectivity index (χ1v) is 7.41. The fourth-order valence-electron chi connectivity index (χ4n) is 2.09. The Morgan fingerprint density at radius 1 is 1.00 bits per heavy atom. The summed E-state index contributed by atoms with van der Waals surface area (Å²) in [6.07, 6.45) is 2.55. The summed E-state index contributed by atoms with van der Waals surface area (Å²) in [6, 6.07) is 16.0. The number of hydrogen-bond acceptors (Lipinski definition) is 2. The summed E-state index contributed by atoms with van der Waals surface area (Å²) < 4.78 is 0. The molecule has 3 nitrogen and oxygen atoms in total. The first kappa shape index (κ1) is 15.1. The Hall–Kier alpha value is -2.29. The molecule has 2 rings (SSSR count). The van der Waals surface area contributed by atoms with E-state index in [9.17, 15) is 4.79 Å². The molecule has 0 aromatic heterocycles. The van der Waals surface area contributed by atoms with Crippen LogP contribution in [0.1, 0.15) is 31.7 Å². The Morgan fingerprint density at radius 3 is 2.38 bits per heavy atom. The third kappa shape index (κ3) is 4.95. The van der Waals surface area contributed by atoms with Crippen LogP contribution in [-0.2, 0) is 4.79 Å². The molecule has 0 spiro atoms. The van der Waals surface area contributed by atoms with Crippen LogP contribution in [0.3, 0.4) is 0 Å². The highest BCUT2D eigenvalue weighted by Crippen LogP contribution is 2.19. The van der Waals surface area contributed by atoms with E-state index in [0.29, 0.717) is 6.42 Å². The highest BCUT2D eigenvalue weighted by molar-refractivity contribution is 5.90. The predicted molar refractivity (Wildman–Crippen MR) is 89.1 cm³/mol. The minimum absolute atomic E-state index is 0.0799. The Kier molecular flexibility index (Phi) is 5.38. The lowest BCUT2D eigenvalue weighted by Gasteiger charge is -2.09. The molecule has 1 amide bonds. The van der Waals surface area contributed by atoms with Crippen LogP contribution in [0.4, 0.5) is 17.1 Å². The van der Waals surface area contributed by atoms with Gasteiger partial charge >= 0.3 is 0 Å². The smallest absolute Gasteiger partial charge is 0.224 e. The van der Waals surface area contributed by atoms with Gasteiger partial charge in [-0.2, -0.15) is 0 Å². The van der Waals surface area contributed by atoms with Crippen LogP contribution in [0, 0.1) is 6.92 Å². The summed E-state index contributed by atoms with van der Waals surface area (Å²) in [5.41, 5.74) is 4.13. The molecule has 2 aromatic rings. The van der Waals surface area contributed by atoms with E-state index in [1.807, 2.05) is 36.4 Å². The second kappa shape index (κ2) is 7.48. The lowest BCUT2D eigenvalue weighted by atomic mass is 10.2. The number of carbonyl (C=O) groups excluding carboxylic acids is 1. The van der Waals surface area contributed by atoms with Crippen molar-refractivity contribution in [1.82, 2.24) is 0 Å². The van der Waals surface area contributed by atoms with Crippen LogP contribution in [0.15, 0.2) is 48.5 Å². The van der Waals surface area contributed by atoms with Crippen molar-refractivity contribution in [3.05, 3.63) is 54.1 Å². The first-order valence-electron chi connectivity index (χ1n) is 7.41. The number of unbranched alkanes of at least 4 members (excludes halogenated alkanes) is 1. The molecular weight excluding hydrogens is 260 g/mol. The third-order valence-electron chi connectivity index (χ3n) is 3.23. The van der Waals surface area contributed by atoms with Crippen LogP contribution in [0.5, 0.6) is 0 Å². The van der Waals surface area contributed by atoms with Crippen molar-refractivity contribution < 1.29 is 4.79 Å². The second-order valence-electron chi connectivity index (χ2n) is 5.22. The maximum atomic E-state index is 11.7. The average molecular weight is 282 g/mol. The van der Waals surface area contributed by atoms with Crippen LogP contribution in [-0.4, -0.2) is 5.91 Å². The normalized spacial score (nSPS) is 10.2. The van der Waals surface area contributed by atoms with E-state index < -0.39 is 0 Å². The van der Waals surface area contributed by atoms with Crippen molar-refractivity contribution in [3.63, 3.8) is 0 Å². The van der Waals surface area contributed by atoms with Crippen molar-refractivity contribution in [2.24, 2.45) is 0 Å². The predicted octanol–water partition coefficient (Wildman–Crippen LogP) is 4.87. The molecule has 110 valence electrons. The second-order valence-corrected chi connectivity index (χ2v) is 5.22. The molecule has 0 aliphatic carbocycles. The standard InChI is InChI=1S/C18H22N2O/c1-3-4-8-18(21)20-16-11-9-15(10-12-16)19-17-7-5-6-14(2)13-17/h5-7,9-13,19H,3-4,8H2,1-2H3,(H,20,21). The monoisotopic (exact) mass is 282 g/mol. The van der Waals surface area contributed by atoms with Gasteiger partial charge in [0.25, 0.3) is 0 Å². The maximum Gasteiger partial charge on any atom is 0.224 e. The van der Waals surface area contributed by atoms with Gasteiger partial charge in [-0.3, -0.25) is 4.79 Å². The molecule has 0 saturated heterocycles. The van der Waals surface area contributed by atoms with Gasteiger partial charge in [0.15, 0.2) is 0 Å². The molecule has 2 aromatic carbocycles. The van der Waals surface area contributed by atoms with E-state index in [1.165, 1.54) is 5.56 Å². The van der Waals surface area contributed by atoms with Crippen LogP contribution < -0.4 is 10.6 Å². The third-order valence-corrected chi connectivity index (χ3v) is 3.23. The quantitative estimate of drug-likeness (QED) is 0.793. The number of benzene rings is 2. The number of anilines is 3. The van der Waals surface area contributed by atoms with E-state index in [4.69, 9.17) is 0 Å². The number of carbonyl (C=O) groups is 1. The SMILES string of the molecule is CCCCC(=O)Nc1ccc(Nc2cccc(C)c2)cc1. The summed E-state index contributed by atoms with van der Waals surface area (Å²) in [4.78, 5) is 11.7. The summed E-state index contributed by atoms with van der Waals surface area (Å²) in [5, 5.41) is 6.26. The Balaban J connectivity index is 1.94. The summed E-state index contributed by atoms with van der Waals surface area (Å²) >= 11 is 0. The molecule has 0 unspecified atom stereocenters. The zero-order valence-corrected chi connectivity index (χ0v) is 12.6. The molecule has 3 heteroatoms. The van der Waals surface area contributed by atoms with Crippen molar-refractivity contribution >= 4 is 23.0 Å².